The smallest absolute Gasteiger partial charge is 0.140 e. The number of hydrogen-bond acceptors (Lipinski definition) is 4. The minimum Gasteiger partial charge on any atom is -0.385 e. The Hall–Kier alpha value is -1.44. The maximum atomic E-state index is 8.65. The molecule has 0 unspecified atom stereocenters. The number of hydrogen-bond donors (Lipinski definition) is 1. The molecule has 0 aliphatic carbocycles. The zero-order chi connectivity index (χ0) is 10.9. The molecule has 4 heteroatoms. The van der Waals surface area contributed by atoms with Crippen LogP contribution in [0.15, 0.2) is 18.3 Å². The van der Waals surface area contributed by atoms with Gasteiger partial charge >= 0.3 is 0 Å². The molecule has 80 valence electrons. The highest BCUT2D eigenvalue weighted by atomic mass is 16.5. The van der Waals surface area contributed by atoms with Crippen molar-refractivity contribution >= 4 is 0 Å². The van der Waals surface area contributed by atoms with Crippen LogP contribution < -0.4 is 5.32 Å². The molecule has 0 aromatic carbocycles. The zero-order valence-corrected chi connectivity index (χ0v) is 8.86. The fourth-order valence-electron chi connectivity index (χ4n) is 1.22. The third-order valence-electron chi connectivity index (χ3n) is 1.97. The summed E-state index contributed by atoms with van der Waals surface area (Å²) in [7, 11) is 1.70. The summed E-state index contributed by atoms with van der Waals surface area (Å²) in [4.78, 5) is 3.91. The van der Waals surface area contributed by atoms with Crippen LogP contribution in [0.3, 0.4) is 0 Å². The quantitative estimate of drug-likeness (QED) is 0.706. The van der Waals surface area contributed by atoms with Crippen LogP contribution in [0.4, 0.5) is 0 Å². The molecule has 15 heavy (non-hydrogen) atoms. The summed E-state index contributed by atoms with van der Waals surface area (Å²) in [6.07, 6.45) is 2.65. The third-order valence-corrected chi connectivity index (χ3v) is 1.97. The first-order chi connectivity index (χ1) is 7.36. The second-order valence-corrected chi connectivity index (χ2v) is 3.18. The van der Waals surface area contributed by atoms with E-state index in [2.05, 4.69) is 10.3 Å². The highest BCUT2D eigenvalue weighted by Gasteiger charge is 1.95. The van der Waals surface area contributed by atoms with E-state index in [4.69, 9.17) is 10.00 Å². The minimum absolute atomic E-state index is 0.464. The molecule has 1 aromatic rings. The molecule has 0 atom stereocenters. The predicted octanol–water partition coefficient (Wildman–Crippen LogP) is 1.08. The van der Waals surface area contributed by atoms with E-state index in [1.807, 2.05) is 12.1 Å². The molecule has 1 aromatic heterocycles. The van der Waals surface area contributed by atoms with Crippen LogP contribution in [-0.4, -0.2) is 25.2 Å². The highest BCUT2D eigenvalue weighted by Crippen LogP contribution is 1.99. The summed E-state index contributed by atoms with van der Waals surface area (Å²) in [5.74, 6) is 0. The number of nitriles is 1. The number of aromatic nitrogens is 1. The molecule has 1 N–H and O–H groups in total. The van der Waals surface area contributed by atoms with Gasteiger partial charge in [0.25, 0.3) is 0 Å². The Morgan fingerprint density at radius 3 is 3.20 bits per heavy atom. The second-order valence-electron chi connectivity index (χ2n) is 3.18. The zero-order valence-electron chi connectivity index (χ0n) is 8.86. The van der Waals surface area contributed by atoms with Crippen LogP contribution in [-0.2, 0) is 11.3 Å². The molecule has 0 aliphatic rings. The first-order valence-electron chi connectivity index (χ1n) is 4.91. The first kappa shape index (κ1) is 11.6. The van der Waals surface area contributed by atoms with Crippen LogP contribution in [0, 0.1) is 11.3 Å². The summed E-state index contributed by atoms with van der Waals surface area (Å²) < 4.78 is 4.94. The molecule has 0 saturated carbocycles. The summed E-state index contributed by atoms with van der Waals surface area (Å²) in [6.45, 7) is 2.45. The maximum absolute atomic E-state index is 8.65. The predicted molar refractivity (Wildman–Crippen MR) is 57.2 cm³/mol. The summed E-state index contributed by atoms with van der Waals surface area (Å²) >= 11 is 0. The molecule has 1 rings (SSSR count). The molecular formula is C11H15N3O. The Bertz CT molecular complexity index is 333. The highest BCUT2D eigenvalue weighted by molar-refractivity contribution is 5.25. The van der Waals surface area contributed by atoms with Crippen molar-refractivity contribution in [2.24, 2.45) is 0 Å². The molecule has 1 heterocycles. The van der Waals surface area contributed by atoms with Gasteiger partial charge in [-0.15, -0.1) is 0 Å². The molecule has 0 radical (unpaired) electrons. The summed E-state index contributed by atoms with van der Waals surface area (Å²) in [5, 5.41) is 11.9. The first-order valence-corrected chi connectivity index (χ1v) is 4.91. The van der Waals surface area contributed by atoms with Gasteiger partial charge in [-0.2, -0.15) is 5.26 Å². The molecular weight excluding hydrogens is 190 g/mol. The average Bonchev–Trinajstić information content (AvgIpc) is 2.29. The van der Waals surface area contributed by atoms with Gasteiger partial charge in [0.1, 0.15) is 11.8 Å². The van der Waals surface area contributed by atoms with Gasteiger partial charge in [-0.1, -0.05) is 0 Å². The molecule has 0 amide bonds. The van der Waals surface area contributed by atoms with Crippen molar-refractivity contribution in [1.29, 1.82) is 5.26 Å². The van der Waals surface area contributed by atoms with Gasteiger partial charge < -0.3 is 10.1 Å². The van der Waals surface area contributed by atoms with Gasteiger partial charge in [-0.05, 0) is 30.7 Å². The molecule has 0 aliphatic heterocycles. The normalized spacial score (nSPS) is 9.87. The van der Waals surface area contributed by atoms with Gasteiger partial charge in [-0.25, -0.2) is 4.98 Å². The van der Waals surface area contributed by atoms with Gasteiger partial charge in [0, 0.05) is 26.5 Å². The average molecular weight is 205 g/mol. The van der Waals surface area contributed by atoms with Crippen molar-refractivity contribution in [2.45, 2.75) is 13.0 Å². The van der Waals surface area contributed by atoms with Gasteiger partial charge in [-0.3, -0.25) is 0 Å². The lowest BCUT2D eigenvalue weighted by molar-refractivity contribution is 0.194. The van der Waals surface area contributed by atoms with Gasteiger partial charge in [0.15, 0.2) is 0 Å². The Morgan fingerprint density at radius 1 is 1.60 bits per heavy atom. The number of nitrogens with one attached hydrogen (secondary N) is 1. The SMILES string of the molecule is COCCCNCc1ccnc(C#N)c1. The largest absolute Gasteiger partial charge is 0.385 e. The number of ether oxygens (including phenoxy) is 1. The fourth-order valence-corrected chi connectivity index (χ4v) is 1.22. The topological polar surface area (TPSA) is 57.9 Å². The van der Waals surface area contributed by atoms with E-state index >= 15 is 0 Å². The van der Waals surface area contributed by atoms with Crippen LogP contribution in [0.2, 0.25) is 0 Å². The van der Waals surface area contributed by atoms with E-state index in [0.29, 0.717) is 5.69 Å². The standard InChI is InChI=1S/C11H15N3O/c1-15-6-2-4-13-9-10-3-5-14-11(7-10)8-12/h3,5,7,13H,2,4,6,9H2,1H3. The lowest BCUT2D eigenvalue weighted by Gasteiger charge is -2.04. The summed E-state index contributed by atoms with van der Waals surface area (Å²) in [6, 6.07) is 5.72. The van der Waals surface area contributed by atoms with E-state index in [1.54, 1.807) is 19.4 Å². The molecule has 4 nitrogen and oxygen atoms in total. The van der Waals surface area contributed by atoms with E-state index in [1.165, 1.54) is 0 Å². The van der Waals surface area contributed by atoms with Gasteiger partial charge in [0.2, 0.25) is 0 Å². The third kappa shape index (κ3) is 4.54. The van der Waals surface area contributed by atoms with E-state index in [9.17, 15) is 0 Å². The van der Waals surface area contributed by atoms with E-state index in [0.717, 1.165) is 31.7 Å². The second kappa shape index (κ2) is 6.93. The number of rotatable bonds is 6. The Kier molecular flexibility index (Phi) is 5.38. The maximum Gasteiger partial charge on any atom is 0.140 e. The van der Waals surface area contributed by atoms with Crippen molar-refractivity contribution in [3.63, 3.8) is 0 Å². The lowest BCUT2D eigenvalue weighted by Crippen LogP contribution is -2.16. The summed E-state index contributed by atoms with van der Waals surface area (Å²) in [5.41, 5.74) is 1.55. The van der Waals surface area contributed by atoms with E-state index in [-0.39, 0.29) is 0 Å². The van der Waals surface area contributed by atoms with Crippen molar-refractivity contribution in [1.82, 2.24) is 10.3 Å². The van der Waals surface area contributed by atoms with Crippen molar-refractivity contribution in [3.05, 3.63) is 29.6 Å². The van der Waals surface area contributed by atoms with Crippen molar-refractivity contribution < 1.29 is 4.74 Å². The molecule has 0 fully saturated rings. The Labute approximate surface area is 89.9 Å². The Morgan fingerprint density at radius 2 is 2.47 bits per heavy atom. The number of nitrogens with zero attached hydrogens (tertiary/aromatic N) is 2. The molecule has 0 spiro atoms. The van der Waals surface area contributed by atoms with Crippen LogP contribution >= 0.6 is 0 Å². The lowest BCUT2D eigenvalue weighted by atomic mass is 10.2. The van der Waals surface area contributed by atoms with Crippen LogP contribution in [0.5, 0.6) is 0 Å². The molecule has 0 bridgehead atoms. The van der Waals surface area contributed by atoms with Crippen LogP contribution in [0.1, 0.15) is 17.7 Å². The number of methoxy groups -OCH3 is 1. The number of pyridine rings is 1. The van der Waals surface area contributed by atoms with Crippen molar-refractivity contribution in [2.75, 3.05) is 20.3 Å². The van der Waals surface area contributed by atoms with Crippen LogP contribution in [0.25, 0.3) is 0 Å². The van der Waals surface area contributed by atoms with Crippen molar-refractivity contribution in [3.8, 4) is 6.07 Å². The van der Waals surface area contributed by atoms with Gasteiger partial charge in [0.05, 0.1) is 0 Å². The minimum atomic E-state index is 0.464. The fraction of sp³-hybridized carbons (Fsp3) is 0.455. The van der Waals surface area contributed by atoms with E-state index < -0.39 is 0 Å². The molecule has 0 saturated heterocycles. The Balaban J connectivity index is 2.28. The monoisotopic (exact) mass is 205 g/mol.